The van der Waals surface area contributed by atoms with Crippen molar-refractivity contribution >= 4 is 35.2 Å². The summed E-state index contributed by atoms with van der Waals surface area (Å²) in [6.45, 7) is 8.66. The fourth-order valence-electron chi connectivity index (χ4n) is 6.03. The lowest BCUT2D eigenvalue weighted by Crippen LogP contribution is -2.44. The average molecular weight is 611 g/mol. The summed E-state index contributed by atoms with van der Waals surface area (Å²) in [4.78, 5) is 32.3. The van der Waals surface area contributed by atoms with Gasteiger partial charge in [-0.3, -0.25) is 4.79 Å². The van der Waals surface area contributed by atoms with Crippen LogP contribution < -0.4 is 5.56 Å². The van der Waals surface area contributed by atoms with E-state index in [1.165, 1.54) is 39.3 Å². The number of esters is 1. The van der Waals surface area contributed by atoms with Crippen molar-refractivity contribution in [3.05, 3.63) is 56.9 Å². The van der Waals surface area contributed by atoms with Crippen LogP contribution in [-0.4, -0.2) is 98.0 Å². The lowest BCUT2D eigenvalue weighted by atomic mass is 9.86. The molecule has 5 aliphatic heterocycles. The second-order valence-electron chi connectivity index (χ2n) is 11.8. The van der Waals surface area contributed by atoms with Gasteiger partial charge in [0.25, 0.3) is 5.56 Å². The summed E-state index contributed by atoms with van der Waals surface area (Å²) in [5.74, 6) is -0.532. The van der Waals surface area contributed by atoms with Crippen molar-refractivity contribution < 1.29 is 19.7 Å². The zero-order valence-corrected chi connectivity index (χ0v) is 25.7. The van der Waals surface area contributed by atoms with Crippen LogP contribution in [0, 0.1) is 0 Å². The number of aromatic hydroxyl groups is 1. The highest BCUT2D eigenvalue weighted by Gasteiger charge is 2.51. The highest BCUT2D eigenvalue weighted by Crippen LogP contribution is 2.65. The van der Waals surface area contributed by atoms with E-state index in [1.54, 1.807) is 29.7 Å². The van der Waals surface area contributed by atoms with Crippen molar-refractivity contribution in [3.63, 3.8) is 0 Å². The Balaban J connectivity index is 0.000000216. The Morgan fingerprint density at radius 3 is 2.29 bits per heavy atom. The van der Waals surface area contributed by atoms with Gasteiger partial charge in [-0.25, -0.2) is 23.8 Å². The van der Waals surface area contributed by atoms with Crippen molar-refractivity contribution in [2.45, 2.75) is 38.6 Å². The molecule has 3 saturated heterocycles. The van der Waals surface area contributed by atoms with Gasteiger partial charge in [0.2, 0.25) is 0 Å². The molecule has 1 atom stereocenters. The highest BCUT2D eigenvalue weighted by molar-refractivity contribution is 8.11. The predicted octanol–water partition coefficient (Wildman–Crippen LogP) is 2.00. The van der Waals surface area contributed by atoms with Crippen molar-refractivity contribution in [3.8, 4) is 17.1 Å². The number of nitrogens with zero attached hydrogens (tertiary/aromatic N) is 6. The van der Waals surface area contributed by atoms with Crippen molar-refractivity contribution in [1.82, 2.24) is 28.5 Å². The third-order valence-corrected chi connectivity index (χ3v) is 14.1. The Morgan fingerprint density at radius 2 is 1.71 bits per heavy atom. The molecule has 42 heavy (non-hydrogen) atoms. The number of rotatable bonds is 6. The molecule has 0 radical (unpaired) electrons. The summed E-state index contributed by atoms with van der Waals surface area (Å²) in [5, 5.41) is 22.2. The number of carbonyl (C=O) groups excluding carboxylic acids is 1. The summed E-state index contributed by atoms with van der Waals surface area (Å²) in [5.41, 5.74) is 2.03. The second kappa shape index (κ2) is 9.92. The standard InChI is InChI=1S/C23H23N3O5.C6H12N3PS/c1-4-23(30)16-8-18-20-12(9-26(18)21(28)15(16)11-31-22(23)29)7-13-14(10-25(2)3)19(27)6-5-17(13)24-20;11-10(7-1-2-7,8-3-4-8)9-5-6-9/h5-8,27,30H,4,9-11H2,1-3H3;1-6H2/t23-;/m0./s1. The van der Waals surface area contributed by atoms with Crippen molar-refractivity contribution in [2.75, 3.05) is 53.4 Å². The lowest BCUT2D eigenvalue weighted by Gasteiger charge is -2.31. The SMILES string of the molecule is CC[C@@]1(O)C(=O)OCc2c1cc1n(c2=O)Cc2cc3c(CN(C)C)c(O)ccc3nc2-1.S=P(N1CC1)(N1CC1)N1CC1. The maximum absolute atomic E-state index is 13.2. The summed E-state index contributed by atoms with van der Waals surface area (Å²) >= 11 is 5.75. The second-order valence-corrected chi connectivity index (χ2v) is 16.0. The predicted molar refractivity (Wildman–Crippen MR) is 163 cm³/mol. The molecule has 13 heteroatoms. The van der Waals surface area contributed by atoms with Gasteiger partial charge in [-0.1, -0.05) is 6.92 Å². The maximum atomic E-state index is 13.2. The van der Waals surface area contributed by atoms with E-state index in [4.69, 9.17) is 21.5 Å². The van der Waals surface area contributed by atoms with Crippen LogP contribution in [0.15, 0.2) is 29.1 Å². The van der Waals surface area contributed by atoms with E-state index in [1.807, 2.05) is 25.1 Å². The smallest absolute Gasteiger partial charge is 0.343 e. The first kappa shape index (κ1) is 28.1. The quantitative estimate of drug-likeness (QED) is 0.190. The number of cyclic esters (lactones) is 1. The Labute approximate surface area is 249 Å². The molecular weight excluding hydrogens is 575 g/mol. The number of ether oxygens (including phenoxy) is 1. The van der Waals surface area contributed by atoms with Gasteiger partial charge in [0.15, 0.2) is 5.60 Å². The van der Waals surface area contributed by atoms with Crippen molar-refractivity contribution in [2.24, 2.45) is 0 Å². The molecular formula is C29H35N6O5PS. The Morgan fingerprint density at radius 1 is 1.07 bits per heavy atom. The number of hydrogen-bond donors (Lipinski definition) is 2. The Kier molecular flexibility index (Phi) is 6.63. The third kappa shape index (κ3) is 4.43. The molecule has 3 fully saturated rings. The number of benzene rings is 1. The van der Waals surface area contributed by atoms with Crippen LogP contribution in [0.5, 0.6) is 5.75 Å². The molecule has 0 spiro atoms. The van der Waals surface area contributed by atoms with Crippen LogP contribution in [-0.2, 0) is 46.6 Å². The molecule has 3 aromatic rings. The van der Waals surface area contributed by atoms with Gasteiger partial charge in [0.1, 0.15) is 18.8 Å². The molecule has 0 unspecified atom stereocenters. The summed E-state index contributed by atoms with van der Waals surface area (Å²) in [6.07, 6.45) is 0.104. The lowest BCUT2D eigenvalue weighted by molar-refractivity contribution is -0.172. The number of phenols is 1. The molecule has 0 saturated carbocycles. The maximum Gasteiger partial charge on any atom is 0.343 e. The van der Waals surface area contributed by atoms with E-state index in [0.717, 1.165) is 16.5 Å². The van der Waals surface area contributed by atoms with Crippen LogP contribution in [0.25, 0.3) is 22.3 Å². The molecule has 8 rings (SSSR count). The number of aromatic nitrogens is 2. The first-order valence-electron chi connectivity index (χ1n) is 14.4. The van der Waals surface area contributed by atoms with E-state index < -0.39 is 18.1 Å². The molecule has 11 nitrogen and oxygen atoms in total. The van der Waals surface area contributed by atoms with Gasteiger partial charge in [0.05, 0.1) is 29.0 Å². The molecule has 0 amide bonds. The zero-order chi connectivity index (χ0) is 29.6. The minimum Gasteiger partial charge on any atom is -0.508 e. The molecule has 2 N–H and O–H groups in total. The van der Waals surface area contributed by atoms with Crippen LogP contribution >= 0.6 is 6.49 Å². The normalized spacial score (nSPS) is 22.7. The van der Waals surface area contributed by atoms with E-state index in [-0.39, 0.29) is 24.3 Å². The Bertz CT molecular complexity index is 1710. The summed E-state index contributed by atoms with van der Waals surface area (Å²) in [6, 6.07) is 7.05. The van der Waals surface area contributed by atoms with Gasteiger partial charge in [-0.2, -0.15) is 0 Å². The number of hydrogen-bond acceptors (Lipinski definition) is 8. The Hall–Kier alpha value is -2.70. The van der Waals surface area contributed by atoms with Gasteiger partial charge < -0.3 is 24.4 Å². The minimum atomic E-state index is -1.84. The van der Waals surface area contributed by atoms with Gasteiger partial charge >= 0.3 is 5.97 Å². The molecule has 0 aliphatic carbocycles. The number of pyridine rings is 2. The summed E-state index contributed by atoms with van der Waals surface area (Å²) < 4.78 is 14.2. The van der Waals surface area contributed by atoms with Crippen LogP contribution in [0.4, 0.5) is 0 Å². The number of phenolic OH excluding ortho intramolecular Hbond substituents is 1. The molecule has 0 bridgehead atoms. The number of fused-ring (bicyclic) bond motifs is 5. The zero-order valence-electron chi connectivity index (χ0n) is 24.0. The van der Waals surface area contributed by atoms with E-state index in [2.05, 4.69) is 14.0 Å². The monoisotopic (exact) mass is 610 g/mol. The first-order valence-corrected chi connectivity index (χ1v) is 17.0. The number of carbonyl (C=O) groups is 1. The first-order chi connectivity index (χ1) is 20.1. The fourth-order valence-corrected chi connectivity index (χ4v) is 10.4. The van der Waals surface area contributed by atoms with Gasteiger partial charge in [0, 0.05) is 67.9 Å². The van der Waals surface area contributed by atoms with Crippen LogP contribution in [0.2, 0.25) is 0 Å². The largest absolute Gasteiger partial charge is 0.508 e. The van der Waals surface area contributed by atoms with Gasteiger partial charge in [-0.15, -0.1) is 0 Å². The van der Waals surface area contributed by atoms with Crippen LogP contribution in [0.3, 0.4) is 0 Å². The number of aliphatic hydroxyl groups is 1. The molecule has 2 aromatic heterocycles. The third-order valence-electron chi connectivity index (χ3n) is 8.63. The van der Waals surface area contributed by atoms with Crippen LogP contribution in [0.1, 0.15) is 35.6 Å². The van der Waals surface area contributed by atoms with Crippen molar-refractivity contribution in [1.29, 1.82) is 0 Å². The average Bonchev–Trinajstić information content (AvgIpc) is 3.81. The van der Waals surface area contributed by atoms with Gasteiger partial charge in [-0.05, 0) is 56.6 Å². The molecule has 5 aliphatic rings. The van der Waals surface area contributed by atoms with E-state index >= 15 is 0 Å². The van der Waals surface area contributed by atoms with E-state index in [0.29, 0.717) is 41.1 Å². The fraction of sp³-hybridized carbons (Fsp3) is 0.483. The summed E-state index contributed by atoms with van der Waals surface area (Å²) in [7, 11) is 3.86. The molecule has 1 aromatic carbocycles. The van der Waals surface area contributed by atoms with E-state index in [9.17, 15) is 19.8 Å². The highest BCUT2D eigenvalue weighted by atomic mass is 32.4. The molecule has 222 valence electrons. The minimum absolute atomic E-state index is 0.104. The topological polar surface area (TPSA) is 114 Å². The molecule has 7 heterocycles.